The molecule has 0 radical (unpaired) electrons. The summed E-state index contributed by atoms with van der Waals surface area (Å²) in [5, 5.41) is 16.7. The van der Waals surface area contributed by atoms with E-state index in [1.807, 2.05) is 0 Å². The summed E-state index contributed by atoms with van der Waals surface area (Å²) < 4.78 is 52.9. The summed E-state index contributed by atoms with van der Waals surface area (Å²) in [5.74, 6) is -11.5. The van der Waals surface area contributed by atoms with Crippen molar-refractivity contribution in [2.24, 2.45) is 0 Å². The highest BCUT2D eigenvalue weighted by Gasteiger charge is 2.29. The van der Waals surface area contributed by atoms with Gasteiger partial charge in [0.1, 0.15) is 5.56 Å². The number of rotatable bonds is 4. The number of carboxylic acids is 2. The molecular formula is C10H6F4O4. The van der Waals surface area contributed by atoms with Gasteiger partial charge >= 0.3 is 11.9 Å². The van der Waals surface area contributed by atoms with Crippen LogP contribution in [0, 0.1) is 23.3 Å². The van der Waals surface area contributed by atoms with Crippen LogP contribution in [0.15, 0.2) is 0 Å². The quantitative estimate of drug-likeness (QED) is 0.645. The number of benzene rings is 1. The smallest absolute Gasteiger partial charge is 0.341 e. The molecule has 0 aliphatic heterocycles. The van der Waals surface area contributed by atoms with Gasteiger partial charge < -0.3 is 10.2 Å². The number of hydrogen-bond donors (Lipinski definition) is 2. The van der Waals surface area contributed by atoms with Crippen LogP contribution in [-0.4, -0.2) is 22.2 Å². The standard InChI is InChI=1S/C10H6F4O4/c11-6-3(1-2-4(15)16)7(12)9(14)5(8(6)13)10(17)18/h1-2H2,(H,15,16)(H,17,18). The molecule has 0 unspecified atom stereocenters. The van der Waals surface area contributed by atoms with E-state index in [-0.39, 0.29) is 0 Å². The average Bonchev–Trinajstić information content (AvgIpc) is 2.26. The molecule has 0 spiro atoms. The van der Waals surface area contributed by atoms with E-state index in [0.29, 0.717) is 0 Å². The van der Waals surface area contributed by atoms with Crippen molar-refractivity contribution in [3.05, 3.63) is 34.4 Å². The minimum Gasteiger partial charge on any atom is -0.481 e. The lowest BCUT2D eigenvalue weighted by molar-refractivity contribution is -0.136. The van der Waals surface area contributed by atoms with Gasteiger partial charge in [0.15, 0.2) is 23.3 Å². The van der Waals surface area contributed by atoms with Crippen molar-refractivity contribution in [2.75, 3.05) is 0 Å². The fourth-order valence-corrected chi connectivity index (χ4v) is 1.32. The molecule has 0 aliphatic rings. The highest BCUT2D eigenvalue weighted by atomic mass is 19.2. The van der Waals surface area contributed by atoms with Gasteiger partial charge in [0.05, 0.1) is 0 Å². The van der Waals surface area contributed by atoms with Gasteiger partial charge in [-0.2, -0.15) is 0 Å². The SMILES string of the molecule is O=C(O)CCc1c(F)c(F)c(C(=O)O)c(F)c1F. The highest BCUT2D eigenvalue weighted by Crippen LogP contribution is 2.25. The summed E-state index contributed by atoms with van der Waals surface area (Å²) in [7, 11) is 0. The molecule has 1 rings (SSSR count). The molecule has 0 aromatic heterocycles. The maximum atomic E-state index is 13.3. The molecule has 1 aromatic rings. The maximum absolute atomic E-state index is 13.3. The fourth-order valence-electron chi connectivity index (χ4n) is 1.32. The van der Waals surface area contributed by atoms with E-state index in [1.54, 1.807) is 0 Å². The van der Waals surface area contributed by atoms with Gasteiger partial charge in [0.2, 0.25) is 0 Å². The zero-order chi connectivity index (χ0) is 14.0. The largest absolute Gasteiger partial charge is 0.481 e. The van der Waals surface area contributed by atoms with Gasteiger partial charge in [-0.3, -0.25) is 4.79 Å². The van der Waals surface area contributed by atoms with Crippen molar-refractivity contribution in [3.63, 3.8) is 0 Å². The predicted molar refractivity (Wildman–Crippen MR) is 49.2 cm³/mol. The Morgan fingerprint density at radius 3 is 1.67 bits per heavy atom. The lowest BCUT2D eigenvalue weighted by Gasteiger charge is -2.08. The van der Waals surface area contributed by atoms with E-state index in [1.165, 1.54) is 0 Å². The predicted octanol–water partition coefficient (Wildman–Crippen LogP) is 1.96. The number of carbonyl (C=O) groups is 2. The molecule has 0 amide bonds. The molecule has 0 atom stereocenters. The van der Waals surface area contributed by atoms with Crippen LogP contribution in [0.3, 0.4) is 0 Å². The first kappa shape index (κ1) is 13.9. The summed E-state index contributed by atoms with van der Waals surface area (Å²) in [4.78, 5) is 20.6. The number of carboxylic acid groups (broad SMARTS) is 2. The molecule has 2 N–H and O–H groups in total. The van der Waals surface area contributed by atoms with Crippen LogP contribution >= 0.6 is 0 Å². The van der Waals surface area contributed by atoms with Gasteiger partial charge in [-0.25, -0.2) is 22.4 Å². The van der Waals surface area contributed by atoms with E-state index in [9.17, 15) is 27.2 Å². The molecule has 8 heteroatoms. The van der Waals surface area contributed by atoms with Crippen LogP contribution in [0.2, 0.25) is 0 Å². The summed E-state index contributed by atoms with van der Waals surface area (Å²) >= 11 is 0. The van der Waals surface area contributed by atoms with Crippen molar-refractivity contribution in [3.8, 4) is 0 Å². The number of aromatic carboxylic acids is 1. The molecule has 0 heterocycles. The fraction of sp³-hybridized carbons (Fsp3) is 0.200. The summed E-state index contributed by atoms with van der Waals surface area (Å²) in [6.07, 6.45) is -1.54. The monoisotopic (exact) mass is 266 g/mol. The van der Waals surface area contributed by atoms with Gasteiger partial charge in [-0.1, -0.05) is 0 Å². The van der Waals surface area contributed by atoms with Crippen molar-refractivity contribution >= 4 is 11.9 Å². The van der Waals surface area contributed by atoms with Crippen LogP contribution in [-0.2, 0) is 11.2 Å². The lowest BCUT2D eigenvalue weighted by Crippen LogP contribution is -2.14. The van der Waals surface area contributed by atoms with Crippen LogP contribution < -0.4 is 0 Å². The molecule has 98 valence electrons. The summed E-state index contributed by atoms with van der Waals surface area (Å²) in [6, 6.07) is 0. The Morgan fingerprint density at radius 1 is 0.889 bits per heavy atom. The molecular weight excluding hydrogens is 260 g/mol. The maximum Gasteiger partial charge on any atom is 0.341 e. The Labute approximate surface area is 97.5 Å². The van der Waals surface area contributed by atoms with Crippen LogP contribution in [0.25, 0.3) is 0 Å². The third-order valence-electron chi connectivity index (χ3n) is 2.16. The van der Waals surface area contributed by atoms with E-state index >= 15 is 0 Å². The van der Waals surface area contributed by atoms with E-state index in [4.69, 9.17) is 10.2 Å². The number of hydrogen-bond acceptors (Lipinski definition) is 2. The van der Waals surface area contributed by atoms with Crippen molar-refractivity contribution in [1.29, 1.82) is 0 Å². The highest BCUT2D eigenvalue weighted by molar-refractivity contribution is 5.88. The van der Waals surface area contributed by atoms with Crippen LogP contribution in [0.5, 0.6) is 0 Å². The summed E-state index contributed by atoms with van der Waals surface area (Å²) in [6.45, 7) is 0. The van der Waals surface area contributed by atoms with E-state index in [0.717, 1.165) is 0 Å². The lowest BCUT2D eigenvalue weighted by atomic mass is 10.0. The second-order valence-corrected chi connectivity index (χ2v) is 3.31. The Kier molecular flexibility index (Phi) is 3.89. The van der Waals surface area contributed by atoms with Crippen LogP contribution in [0.1, 0.15) is 22.3 Å². The van der Waals surface area contributed by atoms with Crippen molar-refractivity contribution < 1.29 is 37.4 Å². The van der Waals surface area contributed by atoms with Gasteiger partial charge in [-0.05, 0) is 6.42 Å². The Hall–Kier alpha value is -2.12. The van der Waals surface area contributed by atoms with Crippen molar-refractivity contribution in [2.45, 2.75) is 12.8 Å². The van der Waals surface area contributed by atoms with Gasteiger partial charge in [0, 0.05) is 12.0 Å². The molecule has 0 saturated carbocycles. The molecule has 4 nitrogen and oxygen atoms in total. The number of aliphatic carboxylic acids is 1. The molecule has 0 fully saturated rings. The minimum atomic E-state index is -2.16. The molecule has 0 bridgehead atoms. The first-order valence-corrected chi connectivity index (χ1v) is 4.57. The van der Waals surface area contributed by atoms with Gasteiger partial charge in [-0.15, -0.1) is 0 Å². The molecule has 0 aliphatic carbocycles. The Bertz CT molecular complexity index is 498. The third-order valence-corrected chi connectivity index (χ3v) is 2.16. The zero-order valence-corrected chi connectivity index (χ0v) is 8.64. The van der Waals surface area contributed by atoms with Crippen molar-refractivity contribution in [1.82, 2.24) is 0 Å². The molecule has 1 aromatic carbocycles. The normalized spacial score (nSPS) is 10.4. The molecule has 18 heavy (non-hydrogen) atoms. The average molecular weight is 266 g/mol. The van der Waals surface area contributed by atoms with E-state index < -0.39 is 59.2 Å². The topological polar surface area (TPSA) is 74.6 Å². The second-order valence-electron chi connectivity index (χ2n) is 3.31. The zero-order valence-electron chi connectivity index (χ0n) is 8.64. The summed E-state index contributed by atoms with van der Waals surface area (Å²) in [5.41, 5.74) is -2.87. The first-order chi connectivity index (χ1) is 8.27. The van der Waals surface area contributed by atoms with E-state index in [2.05, 4.69) is 0 Å². The first-order valence-electron chi connectivity index (χ1n) is 4.57. The molecule has 0 saturated heterocycles. The minimum absolute atomic E-state index is 0.751. The third kappa shape index (κ3) is 2.41. The second kappa shape index (κ2) is 5.03. The Morgan fingerprint density at radius 2 is 1.33 bits per heavy atom. The Balaban J connectivity index is 3.39. The van der Waals surface area contributed by atoms with Gasteiger partial charge in [0.25, 0.3) is 0 Å². The number of halogens is 4. The van der Waals surface area contributed by atoms with Crippen LogP contribution in [0.4, 0.5) is 17.6 Å².